The van der Waals surface area contributed by atoms with Crippen molar-refractivity contribution < 1.29 is 14.3 Å². The first-order valence-corrected chi connectivity index (χ1v) is 7.47. The Hall–Kier alpha value is -1.75. The summed E-state index contributed by atoms with van der Waals surface area (Å²) in [7, 11) is 3.14. The Morgan fingerprint density at radius 2 is 1.90 bits per heavy atom. The van der Waals surface area contributed by atoms with Crippen LogP contribution in [-0.2, 0) is 0 Å². The van der Waals surface area contributed by atoms with Crippen molar-refractivity contribution in [2.45, 2.75) is 19.3 Å². The summed E-state index contributed by atoms with van der Waals surface area (Å²) in [5.74, 6) is 1.13. The number of rotatable bonds is 7. The quantitative estimate of drug-likeness (QED) is 0.780. The Morgan fingerprint density at radius 1 is 1.19 bits per heavy atom. The number of amides is 1. The van der Waals surface area contributed by atoms with Gasteiger partial charge in [0.1, 0.15) is 0 Å². The Kier molecular flexibility index (Phi) is 5.87. The van der Waals surface area contributed by atoms with Crippen molar-refractivity contribution in [2.24, 2.45) is 0 Å². The number of carbonyl (C=O) groups is 1. The number of nitrogens with zero attached hydrogens (tertiary/aromatic N) is 1. The summed E-state index contributed by atoms with van der Waals surface area (Å²) in [6.07, 6.45) is 3.59. The highest BCUT2D eigenvalue weighted by Gasteiger charge is 2.12. The minimum absolute atomic E-state index is 0.0719. The molecular weight excluding hydrogens is 268 g/mol. The summed E-state index contributed by atoms with van der Waals surface area (Å²) < 4.78 is 10.4. The van der Waals surface area contributed by atoms with Crippen molar-refractivity contribution >= 4 is 5.91 Å². The molecule has 1 aromatic rings. The summed E-state index contributed by atoms with van der Waals surface area (Å²) >= 11 is 0. The summed E-state index contributed by atoms with van der Waals surface area (Å²) in [6.45, 7) is 4.16. The molecule has 0 spiro atoms. The minimum atomic E-state index is -0.0719. The van der Waals surface area contributed by atoms with Crippen molar-refractivity contribution in [2.75, 3.05) is 40.4 Å². The average molecular weight is 292 g/mol. The lowest BCUT2D eigenvalue weighted by Gasteiger charge is -2.14. The van der Waals surface area contributed by atoms with E-state index in [0.717, 1.165) is 13.0 Å². The third-order valence-corrected chi connectivity index (χ3v) is 3.78. The van der Waals surface area contributed by atoms with Crippen LogP contribution in [0.25, 0.3) is 0 Å². The lowest BCUT2D eigenvalue weighted by molar-refractivity contribution is 0.0951. The molecule has 1 aliphatic heterocycles. The Labute approximate surface area is 126 Å². The summed E-state index contributed by atoms with van der Waals surface area (Å²) in [4.78, 5) is 14.5. The van der Waals surface area contributed by atoms with E-state index < -0.39 is 0 Å². The SMILES string of the molecule is COc1ccc(C(=O)NCCCN2CCCC2)cc1OC. The zero-order chi connectivity index (χ0) is 15.1. The molecule has 1 saturated heterocycles. The number of hydrogen-bond donors (Lipinski definition) is 1. The fourth-order valence-corrected chi connectivity index (χ4v) is 2.59. The molecule has 1 aromatic carbocycles. The van der Waals surface area contributed by atoms with Crippen LogP contribution in [0.1, 0.15) is 29.6 Å². The van der Waals surface area contributed by atoms with Crippen LogP contribution < -0.4 is 14.8 Å². The third kappa shape index (κ3) is 4.36. The number of nitrogens with one attached hydrogen (secondary N) is 1. The second-order valence-electron chi connectivity index (χ2n) is 5.23. The van der Waals surface area contributed by atoms with Crippen molar-refractivity contribution in [1.82, 2.24) is 10.2 Å². The molecule has 0 radical (unpaired) electrons. The molecule has 0 bridgehead atoms. The van der Waals surface area contributed by atoms with E-state index >= 15 is 0 Å². The van der Waals surface area contributed by atoms with E-state index in [0.29, 0.717) is 23.6 Å². The van der Waals surface area contributed by atoms with Crippen molar-refractivity contribution in [3.63, 3.8) is 0 Å². The first-order chi connectivity index (χ1) is 10.2. The zero-order valence-corrected chi connectivity index (χ0v) is 12.9. The van der Waals surface area contributed by atoms with Gasteiger partial charge in [-0.05, 0) is 57.1 Å². The minimum Gasteiger partial charge on any atom is -0.493 e. The van der Waals surface area contributed by atoms with Gasteiger partial charge in [0, 0.05) is 12.1 Å². The molecule has 1 aliphatic rings. The van der Waals surface area contributed by atoms with E-state index in [1.54, 1.807) is 32.4 Å². The molecule has 5 nitrogen and oxygen atoms in total. The second kappa shape index (κ2) is 7.88. The normalized spacial score (nSPS) is 15.0. The number of ether oxygens (including phenoxy) is 2. The van der Waals surface area contributed by atoms with Crippen molar-refractivity contribution in [1.29, 1.82) is 0 Å². The van der Waals surface area contributed by atoms with Crippen LogP contribution in [-0.4, -0.2) is 51.2 Å². The maximum absolute atomic E-state index is 12.1. The molecule has 0 saturated carbocycles. The first-order valence-electron chi connectivity index (χ1n) is 7.47. The monoisotopic (exact) mass is 292 g/mol. The van der Waals surface area contributed by atoms with Crippen molar-refractivity contribution in [3.8, 4) is 11.5 Å². The van der Waals surface area contributed by atoms with E-state index in [4.69, 9.17) is 9.47 Å². The first kappa shape index (κ1) is 15.6. The maximum Gasteiger partial charge on any atom is 0.251 e. The zero-order valence-electron chi connectivity index (χ0n) is 12.9. The van der Waals surface area contributed by atoms with E-state index in [-0.39, 0.29) is 5.91 Å². The molecule has 1 heterocycles. The summed E-state index contributed by atoms with van der Waals surface area (Å²) in [6, 6.07) is 5.20. The van der Waals surface area contributed by atoms with Gasteiger partial charge in [-0.3, -0.25) is 4.79 Å². The predicted octanol–water partition coefficient (Wildman–Crippen LogP) is 1.92. The Bertz CT molecular complexity index is 471. The van der Waals surface area contributed by atoms with Gasteiger partial charge in [-0.25, -0.2) is 0 Å². The molecule has 5 heteroatoms. The molecule has 0 aromatic heterocycles. The van der Waals surface area contributed by atoms with Gasteiger partial charge in [-0.2, -0.15) is 0 Å². The van der Waals surface area contributed by atoms with E-state index in [2.05, 4.69) is 10.2 Å². The molecule has 0 unspecified atom stereocenters. The Balaban J connectivity index is 1.79. The highest BCUT2D eigenvalue weighted by Crippen LogP contribution is 2.27. The topological polar surface area (TPSA) is 50.8 Å². The fraction of sp³-hybridized carbons (Fsp3) is 0.562. The number of likely N-dealkylation sites (tertiary alicyclic amines) is 1. The van der Waals surface area contributed by atoms with E-state index in [1.807, 2.05) is 0 Å². The third-order valence-electron chi connectivity index (χ3n) is 3.78. The lowest BCUT2D eigenvalue weighted by atomic mass is 10.2. The van der Waals surface area contributed by atoms with Gasteiger partial charge in [-0.1, -0.05) is 0 Å². The molecular formula is C16H24N2O3. The van der Waals surface area contributed by atoms with Crippen LogP contribution in [0.2, 0.25) is 0 Å². The molecule has 1 fully saturated rings. The average Bonchev–Trinajstić information content (AvgIpc) is 3.04. The lowest BCUT2D eigenvalue weighted by Crippen LogP contribution is -2.28. The van der Waals surface area contributed by atoms with Gasteiger partial charge < -0.3 is 19.7 Å². The van der Waals surface area contributed by atoms with Crippen LogP contribution in [0, 0.1) is 0 Å². The van der Waals surface area contributed by atoms with Gasteiger partial charge in [0.25, 0.3) is 5.91 Å². The van der Waals surface area contributed by atoms with Crippen LogP contribution in [0.5, 0.6) is 11.5 Å². The van der Waals surface area contributed by atoms with Crippen molar-refractivity contribution in [3.05, 3.63) is 23.8 Å². The summed E-state index contributed by atoms with van der Waals surface area (Å²) in [5, 5.41) is 2.95. The van der Waals surface area contributed by atoms with E-state index in [9.17, 15) is 4.79 Å². The van der Waals surface area contributed by atoms with Gasteiger partial charge >= 0.3 is 0 Å². The van der Waals surface area contributed by atoms with Gasteiger partial charge in [0.05, 0.1) is 14.2 Å². The number of benzene rings is 1. The smallest absolute Gasteiger partial charge is 0.251 e. The van der Waals surface area contributed by atoms with Gasteiger partial charge in [0.2, 0.25) is 0 Å². The number of methoxy groups -OCH3 is 2. The Morgan fingerprint density at radius 3 is 2.57 bits per heavy atom. The fourth-order valence-electron chi connectivity index (χ4n) is 2.59. The second-order valence-corrected chi connectivity index (χ2v) is 5.23. The summed E-state index contributed by atoms with van der Waals surface area (Å²) in [5.41, 5.74) is 0.592. The molecule has 1 N–H and O–H groups in total. The van der Waals surface area contributed by atoms with Crippen LogP contribution in [0.3, 0.4) is 0 Å². The highest BCUT2D eigenvalue weighted by atomic mass is 16.5. The van der Waals surface area contributed by atoms with Crippen LogP contribution >= 0.6 is 0 Å². The molecule has 0 aliphatic carbocycles. The standard InChI is InChI=1S/C16H24N2O3/c1-20-14-7-6-13(12-15(14)21-2)16(19)17-8-5-11-18-9-3-4-10-18/h6-7,12H,3-5,8-11H2,1-2H3,(H,17,19). The molecule has 21 heavy (non-hydrogen) atoms. The van der Waals surface area contributed by atoms with Gasteiger partial charge in [-0.15, -0.1) is 0 Å². The molecule has 2 rings (SSSR count). The van der Waals surface area contributed by atoms with Crippen LogP contribution in [0.4, 0.5) is 0 Å². The number of hydrogen-bond acceptors (Lipinski definition) is 4. The number of carbonyl (C=O) groups excluding carboxylic acids is 1. The molecule has 116 valence electrons. The van der Waals surface area contributed by atoms with Gasteiger partial charge in [0.15, 0.2) is 11.5 Å². The molecule has 0 atom stereocenters. The highest BCUT2D eigenvalue weighted by molar-refractivity contribution is 5.94. The maximum atomic E-state index is 12.1. The molecule has 1 amide bonds. The van der Waals surface area contributed by atoms with E-state index in [1.165, 1.54) is 25.9 Å². The largest absolute Gasteiger partial charge is 0.493 e. The van der Waals surface area contributed by atoms with Crippen LogP contribution in [0.15, 0.2) is 18.2 Å². The predicted molar refractivity (Wildman–Crippen MR) is 82.2 cm³/mol.